The summed E-state index contributed by atoms with van der Waals surface area (Å²) < 4.78 is 0.924. The number of piperazine rings is 1. The summed E-state index contributed by atoms with van der Waals surface area (Å²) in [6, 6.07) is 38.7. The van der Waals surface area contributed by atoms with Crippen LogP contribution < -0.4 is 4.48 Å². The Labute approximate surface area is 242 Å². The van der Waals surface area contributed by atoms with E-state index in [1.165, 1.54) is 22.5 Å². The average Bonchev–Trinajstić information content (AvgIpc) is 3.44. The van der Waals surface area contributed by atoms with E-state index in [0.29, 0.717) is 0 Å². The second-order valence-corrected chi connectivity index (χ2v) is 11.4. The fourth-order valence-electron chi connectivity index (χ4n) is 5.98. The number of H-pyrrole nitrogens is 1. The predicted octanol–water partition coefficient (Wildman–Crippen LogP) is 8.29. The van der Waals surface area contributed by atoms with Crippen LogP contribution in [0.3, 0.4) is 0 Å². The molecular formula is C35H36ClN4+. The zero-order valence-corrected chi connectivity index (χ0v) is 24.0. The van der Waals surface area contributed by atoms with Gasteiger partial charge in [0.1, 0.15) is 18.1 Å². The van der Waals surface area contributed by atoms with Gasteiger partial charge < -0.3 is 4.98 Å². The Balaban J connectivity index is 1.30. The summed E-state index contributed by atoms with van der Waals surface area (Å²) in [5.41, 5.74) is 8.42. The summed E-state index contributed by atoms with van der Waals surface area (Å²) in [6.07, 6.45) is 0. The third-order valence-electron chi connectivity index (χ3n) is 8.40. The molecule has 1 fully saturated rings. The Bertz CT molecular complexity index is 1540. The van der Waals surface area contributed by atoms with E-state index in [0.717, 1.165) is 64.9 Å². The lowest BCUT2D eigenvalue weighted by atomic mass is 10.0. The molecule has 1 atom stereocenters. The maximum atomic E-state index is 6.28. The van der Waals surface area contributed by atoms with Crippen LogP contribution in [0.1, 0.15) is 29.8 Å². The molecule has 2 heterocycles. The average molecular weight is 548 g/mol. The molecule has 1 saturated heterocycles. The van der Waals surface area contributed by atoms with Crippen LogP contribution in [0.4, 0.5) is 5.69 Å². The van der Waals surface area contributed by atoms with Gasteiger partial charge in [-0.25, -0.2) is 4.98 Å². The number of nitrogens with zero attached hydrogens (tertiary/aromatic N) is 3. The number of imidazole rings is 1. The first-order chi connectivity index (χ1) is 19.5. The number of hydrogen-bond acceptors (Lipinski definition) is 2. The first kappa shape index (κ1) is 26.5. The maximum absolute atomic E-state index is 6.28. The third kappa shape index (κ3) is 5.48. The molecule has 0 aliphatic carbocycles. The Morgan fingerprint density at radius 2 is 1.43 bits per heavy atom. The summed E-state index contributed by atoms with van der Waals surface area (Å²) in [4.78, 5) is 11.5. The minimum atomic E-state index is 0.199. The largest absolute Gasteiger partial charge is 0.340 e. The number of halogens is 1. The van der Waals surface area contributed by atoms with Gasteiger partial charge in [-0.15, -0.1) is 0 Å². The molecule has 0 amide bonds. The van der Waals surface area contributed by atoms with Crippen LogP contribution in [-0.2, 0) is 6.54 Å². The molecule has 6 rings (SSSR count). The van der Waals surface area contributed by atoms with Crippen LogP contribution in [0.15, 0.2) is 109 Å². The van der Waals surface area contributed by atoms with Gasteiger partial charge in [-0.05, 0) is 26.0 Å². The Kier molecular flexibility index (Phi) is 7.57. The van der Waals surface area contributed by atoms with E-state index in [-0.39, 0.29) is 6.04 Å². The van der Waals surface area contributed by atoms with Gasteiger partial charge in [-0.1, -0.05) is 102 Å². The summed E-state index contributed by atoms with van der Waals surface area (Å²) in [7, 11) is 0. The van der Waals surface area contributed by atoms with E-state index in [1.54, 1.807) is 0 Å². The Morgan fingerprint density at radius 1 is 0.800 bits per heavy atom. The van der Waals surface area contributed by atoms with Gasteiger partial charge in [0.15, 0.2) is 0 Å². The summed E-state index contributed by atoms with van der Waals surface area (Å²) >= 11 is 6.28. The highest BCUT2D eigenvalue weighted by atomic mass is 35.5. The van der Waals surface area contributed by atoms with Crippen molar-refractivity contribution in [3.63, 3.8) is 0 Å². The molecule has 0 saturated carbocycles. The highest BCUT2D eigenvalue weighted by Crippen LogP contribution is 2.36. The lowest BCUT2D eigenvalue weighted by Gasteiger charge is -2.46. The summed E-state index contributed by atoms with van der Waals surface area (Å²) in [6.45, 7) is 9.46. The monoisotopic (exact) mass is 547 g/mol. The van der Waals surface area contributed by atoms with Crippen molar-refractivity contribution in [3.05, 3.63) is 131 Å². The molecule has 1 unspecified atom stereocenters. The second-order valence-electron chi connectivity index (χ2n) is 11.0. The molecule has 1 aliphatic heterocycles. The lowest BCUT2D eigenvalue weighted by Crippen LogP contribution is -2.60. The van der Waals surface area contributed by atoms with E-state index in [1.807, 2.05) is 18.2 Å². The summed E-state index contributed by atoms with van der Waals surface area (Å²) in [5.74, 6) is 0.922. The molecule has 5 heteroatoms. The van der Waals surface area contributed by atoms with Crippen LogP contribution in [0, 0.1) is 6.92 Å². The van der Waals surface area contributed by atoms with Gasteiger partial charge in [-0.3, -0.25) is 9.38 Å². The van der Waals surface area contributed by atoms with Crippen molar-refractivity contribution in [1.82, 2.24) is 19.4 Å². The molecule has 1 aromatic heterocycles. The van der Waals surface area contributed by atoms with E-state index in [9.17, 15) is 0 Å². The quantitative estimate of drug-likeness (QED) is 0.208. The van der Waals surface area contributed by atoms with Crippen molar-refractivity contribution in [3.8, 4) is 22.6 Å². The standard InChI is InChI=1S/C35H36ClN4/c1-26-13-15-29(16-14-26)34-33(37-35(38-34)30-11-7-4-8-12-30)27(2)39-21-23-40(24-22-39,25-28-9-5-3-6-10-28)32-19-17-31(36)18-20-32/h3-20,27H,21-25H2,1-2H3,(H,37,38)/q+1. The fraction of sp³-hybridized carbons (Fsp3) is 0.229. The van der Waals surface area contributed by atoms with Crippen molar-refractivity contribution in [1.29, 1.82) is 0 Å². The molecule has 4 aromatic carbocycles. The zero-order valence-electron chi connectivity index (χ0n) is 23.2. The Morgan fingerprint density at radius 3 is 2.08 bits per heavy atom. The van der Waals surface area contributed by atoms with Crippen molar-refractivity contribution in [2.24, 2.45) is 0 Å². The number of rotatable bonds is 7. The lowest BCUT2D eigenvalue weighted by molar-refractivity contribution is 0.0992. The van der Waals surface area contributed by atoms with Crippen LogP contribution in [0.5, 0.6) is 0 Å². The maximum Gasteiger partial charge on any atom is 0.138 e. The number of hydrogen-bond donors (Lipinski definition) is 1. The van der Waals surface area contributed by atoms with Crippen LogP contribution in [-0.4, -0.2) is 41.0 Å². The van der Waals surface area contributed by atoms with Gasteiger partial charge in [0.25, 0.3) is 0 Å². The highest BCUT2D eigenvalue weighted by Gasteiger charge is 2.38. The number of benzene rings is 4. The minimum Gasteiger partial charge on any atom is -0.340 e. The normalized spacial score (nSPS) is 16.1. The fourth-order valence-corrected chi connectivity index (χ4v) is 6.11. The topological polar surface area (TPSA) is 31.9 Å². The van der Waals surface area contributed by atoms with Gasteiger partial charge in [0.05, 0.1) is 24.5 Å². The Hall–Kier alpha value is -3.70. The molecular weight excluding hydrogens is 512 g/mol. The molecule has 4 nitrogen and oxygen atoms in total. The number of aromatic amines is 1. The second kappa shape index (κ2) is 11.4. The van der Waals surface area contributed by atoms with Crippen LogP contribution >= 0.6 is 11.6 Å². The summed E-state index contributed by atoms with van der Waals surface area (Å²) in [5, 5.41) is 0.783. The van der Waals surface area contributed by atoms with E-state index in [4.69, 9.17) is 16.6 Å². The molecule has 0 spiro atoms. The van der Waals surface area contributed by atoms with Crippen molar-refractivity contribution < 1.29 is 0 Å². The smallest absolute Gasteiger partial charge is 0.138 e. The molecule has 40 heavy (non-hydrogen) atoms. The first-order valence-electron chi connectivity index (χ1n) is 14.1. The van der Waals surface area contributed by atoms with Crippen LogP contribution in [0.2, 0.25) is 5.02 Å². The number of aromatic nitrogens is 2. The van der Waals surface area contributed by atoms with Gasteiger partial charge in [0, 0.05) is 53.0 Å². The van der Waals surface area contributed by atoms with Gasteiger partial charge in [0.2, 0.25) is 0 Å². The van der Waals surface area contributed by atoms with E-state index in [2.05, 4.69) is 115 Å². The minimum absolute atomic E-state index is 0.199. The van der Waals surface area contributed by atoms with Crippen molar-refractivity contribution >= 4 is 17.3 Å². The van der Waals surface area contributed by atoms with Crippen LogP contribution in [0.25, 0.3) is 22.6 Å². The SMILES string of the molecule is Cc1ccc(-c2nc(-c3ccccc3)[nH]c2C(C)N2CC[N+](Cc3ccccc3)(c3ccc(Cl)cc3)CC2)cc1. The molecule has 1 N–H and O–H groups in total. The molecule has 5 aromatic rings. The van der Waals surface area contributed by atoms with E-state index >= 15 is 0 Å². The zero-order chi connectivity index (χ0) is 27.5. The van der Waals surface area contributed by atoms with Gasteiger partial charge >= 0.3 is 0 Å². The third-order valence-corrected chi connectivity index (χ3v) is 8.65. The highest BCUT2D eigenvalue weighted by molar-refractivity contribution is 6.30. The number of nitrogens with one attached hydrogen (secondary N) is 1. The molecule has 0 radical (unpaired) electrons. The predicted molar refractivity (Wildman–Crippen MR) is 167 cm³/mol. The molecule has 202 valence electrons. The van der Waals surface area contributed by atoms with E-state index < -0.39 is 0 Å². The number of aryl methyl sites for hydroxylation is 1. The molecule has 0 bridgehead atoms. The number of quaternary nitrogens is 1. The van der Waals surface area contributed by atoms with Crippen molar-refractivity contribution in [2.75, 3.05) is 26.2 Å². The molecule has 1 aliphatic rings. The van der Waals surface area contributed by atoms with Gasteiger partial charge in [-0.2, -0.15) is 0 Å². The van der Waals surface area contributed by atoms with Crippen molar-refractivity contribution in [2.45, 2.75) is 26.4 Å². The first-order valence-corrected chi connectivity index (χ1v) is 14.5.